The molecule has 2 rings (SSSR count). The van der Waals surface area contributed by atoms with Gasteiger partial charge in [0.15, 0.2) is 0 Å². The molecule has 0 aliphatic heterocycles. The van der Waals surface area contributed by atoms with Gasteiger partial charge in [-0.2, -0.15) is 0 Å². The number of amides is 2. The van der Waals surface area contributed by atoms with Crippen LogP contribution in [0.25, 0.3) is 0 Å². The minimum absolute atomic E-state index is 0.291. The third kappa shape index (κ3) is 5.21. The molecule has 0 saturated heterocycles. The zero-order valence-corrected chi connectivity index (χ0v) is 13.5. The zero-order chi connectivity index (χ0) is 16.5. The number of carbonyl (C=O) groups excluding carboxylic acids is 1. The van der Waals surface area contributed by atoms with E-state index in [0.29, 0.717) is 24.6 Å². The zero-order valence-electron chi connectivity index (χ0n) is 13.5. The Morgan fingerprint density at radius 1 is 1.13 bits per heavy atom. The van der Waals surface area contributed by atoms with E-state index in [1.165, 1.54) is 5.56 Å². The van der Waals surface area contributed by atoms with Crippen molar-refractivity contribution in [3.8, 4) is 11.5 Å². The molecule has 0 radical (unpaired) electrons. The molecule has 23 heavy (non-hydrogen) atoms. The molecule has 0 aliphatic carbocycles. The Hall–Kier alpha value is -2.69. The van der Waals surface area contributed by atoms with Gasteiger partial charge in [-0.25, -0.2) is 4.79 Å². The number of para-hydroxylation sites is 2. The molecule has 0 heterocycles. The van der Waals surface area contributed by atoms with Crippen LogP contribution in [0.15, 0.2) is 48.5 Å². The summed E-state index contributed by atoms with van der Waals surface area (Å²) in [5.74, 6) is 1.44. The molecule has 0 atom stereocenters. The number of aryl methyl sites for hydroxylation is 1. The molecular weight excluding hydrogens is 292 g/mol. The Labute approximate surface area is 136 Å². The normalized spacial score (nSPS) is 10.0. The first-order valence-electron chi connectivity index (χ1n) is 7.62. The number of hydrogen-bond donors (Lipinski definition) is 2. The molecule has 122 valence electrons. The molecule has 0 fully saturated rings. The molecular formula is C18H22N2O3. The highest BCUT2D eigenvalue weighted by atomic mass is 16.5. The van der Waals surface area contributed by atoms with Crippen LogP contribution in [-0.2, 0) is 6.42 Å². The lowest BCUT2D eigenvalue weighted by atomic mass is 10.2. The van der Waals surface area contributed by atoms with Crippen LogP contribution in [0.4, 0.5) is 10.5 Å². The fourth-order valence-electron chi connectivity index (χ4n) is 2.10. The average Bonchev–Trinajstić information content (AvgIpc) is 2.59. The number of rotatable bonds is 7. The summed E-state index contributed by atoms with van der Waals surface area (Å²) >= 11 is 0. The van der Waals surface area contributed by atoms with Gasteiger partial charge in [0, 0.05) is 0 Å². The van der Waals surface area contributed by atoms with Crippen molar-refractivity contribution in [2.75, 3.05) is 25.6 Å². The number of ether oxygens (including phenoxy) is 2. The summed E-state index contributed by atoms with van der Waals surface area (Å²) in [7, 11) is 1.57. The minimum Gasteiger partial charge on any atom is -0.495 e. The van der Waals surface area contributed by atoms with Crippen LogP contribution in [0.5, 0.6) is 11.5 Å². The molecule has 0 unspecified atom stereocenters. The highest BCUT2D eigenvalue weighted by molar-refractivity contribution is 5.90. The van der Waals surface area contributed by atoms with Gasteiger partial charge in [0.05, 0.1) is 19.3 Å². The highest BCUT2D eigenvalue weighted by Gasteiger charge is 2.05. The number of benzene rings is 2. The van der Waals surface area contributed by atoms with E-state index in [4.69, 9.17) is 9.47 Å². The molecule has 0 spiro atoms. The van der Waals surface area contributed by atoms with E-state index >= 15 is 0 Å². The molecule has 5 nitrogen and oxygen atoms in total. The van der Waals surface area contributed by atoms with Crippen LogP contribution in [0.2, 0.25) is 0 Å². The van der Waals surface area contributed by atoms with Crippen LogP contribution in [0.3, 0.4) is 0 Å². The van der Waals surface area contributed by atoms with Gasteiger partial charge in [0.1, 0.15) is 18.1 Å². The van der Waals surface area contributed by atoms with Crippen molar-refractivity contribution >= 4 is 11.7 Å². The van der Waals surface area contributed by atoms with Gasteiger partial charge in [-0.05, 0) is 36.2 Å². The molecule has 0 aromatic heterocycles. The van der Waals surface area contributed by atoms with E-state index in [-0.39, 0.29) is 6.03 Å². The van der Waals surface area contributed by atoms with E-state index in [1.807, 2.05) is 30.3 Å². The maximum absolute atomic E-state index is 11.9. The van der Waals surface area contributed by atoms with Gasteiger partial charge in [-0.15, -0.1) is 0 Å². The molecule has 2 amide bonds. The summed E-state index contributed by atoms with van der Waals surface area (Å²) in [4.78, 5) is 11.9. The second-order valence-corrected chi connectivity index (χ2v) is 4.93. The second-order valence-electron chi connectivity index (χ2n) is 4.93. The molecule has 5 heteroatoms. The van der Waals surface area contributed by atoms with Crippen molar-refractivity contribution in [1.29, 1.82) is 0 Å². The standard InChI is InChI=1S/C18H22N2O3/c1-3-14-7-6-8-15(13-14)23-12-11-19-18(21)20-16-9-4-5-10-17(16)22-2/h4-10,13H,3,11-12H2,1-2H3,(H2,19,20,21). The van der Waals surface area contributed by atoms with Crippen molar-refractivity contribution in [3.63, 3.8) is 0 Å². The van der Waals surface area contributed by atoms with E-state index in [9.17, 15) is 4.79 Å². The smallest absolute Gasteiger partial charge is 0.319 e. The Kier molecular flexibility index (Phi) is 6.29. The van der Waals surface area contributed by atoms with Gasteiger partial charge in [-0.1, -0.05) is 31.2 Å². The topological polar surface area (TPSA) is 59.6 Å². The SMILES string of the molecule is CCc1cccc(OCCNC(=O)Nc2ccccc2OC)c1. The van der Waals surface area contributed by atoms with Gasteiger partial charge in [0.2, 0.25) is 0 Å². The molecule has 0 aliphatic rings. The second kappa shape index (κ2) is 8.68. The third-order valence-electron chi connectivity index (χ3n) is 3.32. The molecule has 0 saturated carbocycles. The monoisotopic (exact) mass is 314 g/mol. The lowest BCUT2D eigenvalue weighted by Gasteiger charge is -2.11. The van der Waals surface area contributed by atoms with E-state index in [1.54, 1.807) is 19.2 Å². The number of methoxy groups -OCH3 is 1. The fourth-order valence-corrected chi connectivity index (χ4v) is 2.10. The predicted octanol–water partition coefficient (Wildman–Crippen LogP) is 3.46. The average molecular weight is 314 g/mol. The van der Waals surface area contributed by atoms with Crippen LogP contribution in [0, 0.1) is 0 Å². The fraction of sp³-hybridized carbons (Fsp3) is 0.278. The van der Waals surface area contributed by atoms with E-state index in [0.717, 1.165) is 12.2 Å². The Balaban J connectivity index is 1.74. The molecule has 0 bridgehead atoms. The highest BCUT2D eigenvalue weighted by Crippen LogP contribution is 2.22. The Morgan fingerprint density at radius 2 is 1.96 bits per heavy atom. The first-order chi connectivity index (χ1) is 11.2. The Bertz CT molecular complexity index is 644. The number of nitrogens with one attached hydrogen (secondary N) is 2. The molecule has 2 aromatic carbocycles. The maximum atomic E-state index is 11.9. The van der Waals surface area contributed by atoms with Gasteiger partial charge in [-0.3, -0.25) is 0 Å². The van der Waals surface area contributed by atoms with Crippen LogP contribution in [-0.4, -0.2) is 26.3 Å². The lowest BCUT2D eigenvalue weighted by molar-refractivity contribution is 0.247. The summed E-state index contributed by atoms with van der Waals surface area (Å²) in [6, 6.07) is 14.9. The van der Waals surface area contributed by atoms with Crippen LogP contribution >= 0.6 is 0 Å². The third-order valence-corrected chi connectivity index (χ3v) is 3.32. The summed E-state index contributed by atoms with van der Waals surface area (Å²) in [5.41, 5.74) is 1.86. The van der Waals surface area contributed by atoms with Crippen molar-refractivity contribution in [3.05, 3.63) is 54.1 Å². The molecule has 2 N–H and O–H groups in total. The number of hydrogen-bond acceptors (Lipinski definition) is 3. The molecule has 2 aromatic rings. The van der Waals surface area contributed by atoms with Crippen LogP contribution in [0.1, 0.15) is 12.5 Å². The first-order valence-corrected chi connectivity index (χ1v) is 7.62. The van der Waals surface area contributed by atoms with Gasteiger partial charge < -0.3 is 20.1 Å². The van der Waals surface area contributed by atoms with Crippen molar-refractivity contribution in [2.24, 2.45) is 0 Å². The maximum Gasteiger partial charge on any atom is 0.319 e. The summed E-state index contributed by atoms with van der Waals surface area (Å²) in [5, 5.41) is 5.50. The Morgan fingerprint density at radius 3 is 2.74 bits per heavy atom. The minimum atomic E-state index is -0.291. The number of urea groups is 1. The number of anilines is 1. The van der Waals surface area contributed by atoms with E-state index < -0.39 is 0 Å². The summed E-state index contributed by atoms with van der Waals surface area (Å²) in [6.45, 7) is 2.92. The van der Waals surface area contributed by atoms with Gasteiger partial charge in [0.25, 0.3) is 0 Å². The van der Waals surface area contributed by atoms with Crippen molar-refractivity contribution in [2.45, 2.75) is 13.3 Å². The predicted molar refractivity (Wildman–Crippen MR) is 91.3 cm³/mol. The first kappa shape index (κ1) is 16.7. The largest absolute Gasteiger partial charge is 0.495 e. The lowest BCUT2D eigenvalue weighted by Crippen LogP contribution is -2.32. The van der Waals surface area contributed by atoms with E-state index in [2.05, 4.69) is 23.6 Å². The number of carbonyl (C=O) groups is 1. The van der Waals surface area contributed by atoms with Gasteiger partial charge >= 0.3 is 6.03 Å². The quantitative estimate of drug-likeness (QED) is 0.770. The van der Waals surface area contributed by atoms with Crippen molar-refractivity contribution in [1.82, 2.24) is 5.32 Å². The van der Waals surface area contributed by atoms with Crippen molar-refractivity contribution < 1.29 is 14.3 Å². The summed E-state index contributed by atoms with van der Waals surface area (Å²) in [6.07, 6.45) is 0.969. The summed E-state index contributed by atoms with van der Waals surface area (Å²) < 4.78 is 10.8. The van der Waals surface area contributed by atoms with Crippen LogP contribution < -0.4 is 20.1 Å².